The highest BCUT2D eigenvalue weighted by Gasteiger charge is 2.22. The molecule has 0 amide bonds. The quantitative estimate of drug-likeness (QED) is 0.737. The van der Waals surface area contributed by atoms with Crippen LogP contribution in [-0.2, 0) is 9.47 Å². The van der Waals surface area contributed by atoms with Gasteiger partial charge in [-0.15, -0.1) is 5.10 Å². The number of aromatic nitrogens is 3. The Balaban J connectivity index is 1.68. The Morgan fingerprint density at radius 3 is 2.41 bits per heavy atom. The average molecular weight is 395 g/mol. The molecule has 0 fully saturated rings. The summed E-state index contributed by atoms with van der Waals surface area (Å²) in [6.07, 6.45) is 12.8. The Labute approximate surface area is 168 Å². The summed E-state index contributed by atoms with van der Waals surface area (Å²) in [6.45, 7) is 0. The van der Waals surface area contributed by atoms with E-state index in [-0.39, 0.29) is 0 Å². The molecule has 150 valence electrons. The third-order valence-electron chi connectivity index (χ3n) is 4.60. The monoisotopic (exact) mass is 395 g/mol. The zero-order valence-corrected chi connectivity index (χ0v) is 16.4. The molecule has 0 bridgehead atoms. The molecule has 0 spiro atoms. The van der Waals surface area contributed by atoms with Crippen LogP contribution in [0.25, 0.3) is 11.4 Å². The number of hydrogen-bond acceptors (Lipinski definition) is 7. The topological polar surface area (TPSA) is 76.9 Å². The van der Waals surface area contributed by atoms with Crippen LogP contribution in [0.5, 0.6) is 17.2 Å². The third kappa shape index (κ3) is 3.56. The number of ether oxygens (including phenoxy) is 5. The fourth-order valence-corrected chi connectivity index (χ4v) is 3.17. The van der Waals surface area contributed by atoms with Crippen molar-refractivity contribution >= 4 is 5.76 Å². The number of hydrogen-bond donors (Lipinski definition) is 0. The van der Waals surface area contributed by atoms with E-state index in [0.717, 1.165) is 18.4 Å². The average Bonchev–Trinajstić information content (AvgIpc) is 3.28. The van der Waals surface area contributed by atoms with Crippen LogP contribution in [-0.4, -0.2) is 36.3 Å². The fraction of sp³-hybridized carbons (Fsp3) is 0.238. The Kier molecular flexibility index (Phi) is 5.24. The van der Waals surface area contributed by atoms with Crippen molar-refractivity contribution in [2.24, 2.45) is 0 Å². The van der Waals surface area contributed by atoms with Crippen LogP contribution in [0.2, 0.25) is 0 Å². The van der Waals surface area contributed by atoms with Gasteiger partial charge in [0.25, 0.3) is 0 Å². The molecule has 1 aromatic carbocycles. The number of allylic oxidation sites excluding steroid dienone is 4. The molecule has 0 N–H and O–H groups in total. The van der Waals surface area contributed by atoms with Crippen LogP contribution in [0.1, 0.15) is 18.5 Å². The van der Waals surface area contributed by atoms with Gasteiger partial charge in [0.2, 0.25) is 5.75 Å². The van der Waals surface area contributed by atoms with E-state index in [1.54, 1.807) is 50.6 Å². The van der Waals surface area contributed by atoms with E-state index in [9.17, 15) is 0 Å². The predicted molar refractivity (Wildman–Crippen MR) is 106 cm³/mol. The van der Waals surface area contributed by atoms with E-state index in [4.69, 9.17) is 23.7 Å². The van der Waals surface area contributed by atoms with Gasteiger partial charge in [-0.25, -0.2) is 4.68 Å². The van der Waals surface area contributed by atoms with Gasteiger partial charge in [-0.1, -0.05) is 23.4 Å². The lowest BCUT2D eigenvalue weighted by Crippen LogP contribution is -2.08. The molecule has 1 aliphatic heterocycles. The molecule has 2 aliphatic rings. The van der Waals surface area contributed by atoms with Crippen molar-refractivity contribution in [2.45, 2.75) is 12.8 Å². The zero-order valence-electron chi connectivity index (χ0n) is 16.4. The van der Waals surface area contributed by atoms with Crippen LogP contribution in [0.15, 0.2) is 60.4 Å². The minimum atomic E-state index is 0.497. The molecule has 1 aromatic heterocycles. The molecule has 2 aromatic rings. The lowest BCUT2D eigenvalue weighted by Gasteiger charge is -2.20. The fourth-order valence-electron chi connectivity index (χ4n) is 3.17. The van der Waals surface area contributed by atoms with Crippen LogP contribution in [0.4, 0.5) is 0 Å². The van der Waals surface area contributed by atoms with E-state index >= 15 is 0 Å². The predicted octanol–water partition coefficient (Wildman–Crippen LogP) is 3.76. The van der Waals surface area contributed by atoms with E-state index in [1.807, 2.05) is 12.2 Å². The van der Waals surface area contributed by atoms with Crippen molar-refractivity contribution in [2.75, 3.05) is 21.3 Å². The molecule has 0 saturated heterocycles. The first-order valence-electron chi connectivity index (χ1n) is 9.06. The van der Waals surface area contributed by atoms with Crippen molar-refractivity contribution in [1.82, 2.24) is 15.0 Å². The summed E-state index contributed by atoms with van der Waals surface area (Å²) in [4.78, 5) is 0. The molecular weight excluding hydrogens is 374 g/mol. The molecule has 0 saturated carbocycles. The number of benzene rings is 1. The minimum absolute atomic E-state index is 0.497. The first kappa shape index (κ1) is 18.7. The highest BCUT2D eigenvalue weighted by molar-refractivity contribution is 5.63. The van der Waals surface area contributed by atoms with Crippen LogP contribution >= 0.6 is 0 Å². The molecule has 0 atom stereocenters. The van der Waals surface area contributed by atoms with Gasteiger partial charge in [-0.05, 0) is 18.4 Å². The number of nitrogens with zero attached hydrogens (tertiary/aromatic N) is 3. The van der Waals surface area contributed by atoms with Gasteiger partial charge in [0.1, 0.15) is 18.2 Å². The van der Waals surface area contributed by atoms with Crippen molar-refractivity contribution in [1.29, 1.82) is 0 Å². The normalized spacial score (nSPS) is 15.5. The summed E-state index contributed by atoms with van der Waals surface area (Å²) in [5, 5.41) is 8.24. The van der Waals surface area contributed by atoms with Gasteiger partial charge in [0.05, 0.1) is 33.2 Å². The van der Waals surface area contributed by atoms with Gasteiger partial charge in [0.15, 0.2) is 23.0 Å². The van der Waals surface area contributed by atoms with Crippen molar-refractivity contribution in [3.05, 3.63) is 66.1 Å². The maximum Gasteiger partial charge on any atom is 0.203 e. The number of methoxy groups -OCH3 is 3. The second-order valence-electron chi connectivity index (χ2n) is 6.28. The Bertz CT molecular complexity index is 1010. The first-order valence-corrected chi connectivity index (χ1v) is 9.06. The second-order valence-corrected chi connectivity index (χ2v) is 6.28. The Morgan fingerprint density at radius 1 is 1.00 bits per heavy atom. The number of rotatable bonds is 6. The largest absolute Gasteiger partial charge is 0.493 e. The van der Waals surface area contributed by atoms with Gasteiger partial charge in [0, 0.05) is 12.1 Å². The molecule has 2 heterocycles. The second kappa shape index (κ2) is 8.14. The SMILES string of the molecule is COc1cc(-n2nncc2C2=COC=C(C3=CC=CCC3)O2)cc(OC)c1OC. The van der Waals surface area contributed by atoms with Gasteiger partial charge in [-0.2, -0.15) is 0 Å². The highest BCUT2D eigenvalue weighted by Crippen LogP contribution is 2.40. The molecule has 29 heavy (non-hydrogen) atoms. The standard InChI is InChI=1S/C21H21N3O5/c1-25-17-9-15(10-18(26-2)21(17)27-3)24-16(11-22-23-24)20-13-28-12-19(29-20)14-7-5-4-6-8-14/h4-5,7,9-13H,6,8H2,1-3H3. The molecule has 8 heteroatoms. The summed E-state index contributed by atoms with van der Waals surface area (Å²) in [7, 11) is 4.68. The molecule has 1 aliphatic carbocycles. The molecule has 8 nitrogen and oxygen atoms in total. The van der Waals surface area contributed by atoms with Crippen molar-refractivity contribution in [3.8, 4) is 22.9 Å². The van der Waals surface area contributed by atoms with Gasteiger partial charge < -0.3 is 23.7 Å². The van der Waals surface area contributed by atoms with Crippen molar-refractivity contribution < 1.29 is 23.7 Å². The minimum Gasteiger partial charge on any atom is -0.493 e. The maximum atomic E-state index is 6.10. The smallest absolute Gasteiger partial charge is 0.203 e. The molecule has 0 radical (unpaired) electrons. The summed E-state index contributed by atoms with van der Waals surface area (Å²) in [6, 6.07) is 3.57. The van der Waals surface area contributed by atoms with E-state index in [0.29, 0.717) is 40.1 Å². The third-order valence-corrected chi connectivity index (χ3v) is 4.60. The summed E-state index contributed by atoms with van der Waals surface area (Å²) >= 11 is 0. The molecular formula is C21H21N3O5. The molecule has 4 rings (SSSR count). The van der Waals surface area contributed by atoms with Gasteiger partial charge in [-0.3, -0.25) is 0 Å². The van der Waals surface area contributed by atoms with E-state index < -0.39 is 0 Å². The Hall–Kier alpha value is -3.68. The van der Waals surface area contributed by atoms with E-state index in [2.05, 4.69) is 16.4 Å². The summed E-state index contributed by atoms with van der Waals surface area (Å²) < 4.78 is 29.5. The Morgan fingerprint density at radius 2 is 1.76 bits per heavy atom. The highest BCUT2D eigenvalue weighted by atomic mass is 16.5. The summed E-state index contributed by atoms with van der Waals surface area (Å²) in [5.74, 6) is 2.69. The van der Waals surface area contributed by atoms with Gasteiger partial charge >= 0.3 is 0 Å². The zero-order chi connectivity index (χ0) is 20.2. The molecule has 0 unspecified atom stereocenters. The lowest BCUT2D eigenvalue weighted by molar-refractivity contribution is 0.283. The van der Waals surface area contributed by atoms with Crippen LogP contribution in [0, 0.1) is 0 Å². The van der Waals surface area contributed by atoms with E-state index in [1.165, 1.54) is 6.26 Å². The van der Waals surface area contributed by atoms with Crippen molar-refractivity contribution in [3.63, 3.8) is 0 Å². The first-order chi connectivity index (χ1) is 14.2. The van der Waals surface area contributed by atoms with Crippen LogP contribution in [0.3, 0.4) is 0 Å². The summed E-state index contributed by atoms with van der Waals surface area (Å²) in [5.41, 5.74) is 2.37. The lowest BCUT2D eigenvalue weighted by atomic mass is 10.0. The maximum absolute atomic E-state index is 6.10. The van der Waals surface area contributed by atoms with Crippen LogP contribution < -0.4 is 14.2 Å².